The summed E-state index contributed by atoms with van der Waals surface area (Å²) in [6, 6.07) is 0. The van der Waals surface area contributed by atoms with Crippen LogP contribution in [0.1, 0.15) is 50.8 Å². The zero-order valence-electron chi connectivity index (χ0n) is 10.0. The van der Waals surface area contributed by atoms with Crippen LogP contribution in [0.25, 0.3) is 0 Å². The van der Waals surface area contributed by atoms with Crippen molar-refractivity contribution >= 4 is 5.97 Å². The molecule has 0 bridgehead atoms. The Balaban J connectivity index is 2.01. The van der Waals surface area contributed by atoms with Gasteiger partial charge < -0.3 is 5.11 Å². The van der Waals surface area contributed by atoms with Gasteiger partial charge in [-0.05, 0) is 29.2 Å². The van der Waals surface area contributed by atoms with E-state index in [2.05, 4.69) is 15.5 Å². The summed E-state index contributed by atoms with van der Waals surface area (Å²) in [5.41, 5.74) is 0. The number of hydrogen-bond donors (Lipinski definition) is 1. The molecule has 1 aromatic rings. The number of aromatic nitrogens is 4. The third-order valence-electron chi connectivity index (χ3n) is 3.50. The molecule has 1 fully saturated rings. The van der Waals surface area contributed by atoms with Gasteiger partial charge in [-0.1, -0.05) is 19.8 Å². The zero-order valence-corrected chi connectivity index (χ0v) is 10.0. The van der Waals surface area contributed by atoms with Crippen molar-refractivity contribution in [3.05, 3.63) is 5.82 Å². The minimum absolute atomic E-state index is 0.106. The SMILES string of the molecule is CCC(CC(=O)O)Cn1nnnc1C1CCC1. The molecule has 94 valence electrons. The lowest BCUT2D eigenvalue weighted by Gasteiger charge is -2.24. The van der Waals surface area contributed by atoms with Gasteiger partial charge in [0, 0.05) is 18.9 Å². The van der Waals surface area contributed by atoms with Crippen LogP contribution >= 0.6 is 0 Å². The average Bonchev–Trinajstić information content (AvgIpc) is 2.62. The number of nitrogens with zero attached hydrogens (tertiary/aromatic N) is 4. The van der Waals surface area contributed by atoms with Gasteiger partial charge in [-0.2, -0.15) is 0 Å². The molecule has 1 aromatic heterocycles. The first-order valence-corrected chi connectivity index (χ1v) is 6.18. The van der Waals surface area contributed by atoms with E-state index in [1.54, 1.807) is 4.68 Å². The predicted octanol–water partition coefficient (Wildman–Crippen LogP) is 1.44. The molecule has 1 aliphatic rings. The largest absolute Gasteiger partial charge is 0.481 e. The van der Waals surface area contributed by atoms with E-state index in [1.807, 2.05) is 6.92 Å². The summed E-state index contributed by atoms with van der Waals surface area (Å²) < 4.78 is 1.79. The molecule has 2 rings (SSSR count). The second-order valence-electron chi connectivity index (χ2n) is 4.72. The fourth-order valence-corrected chi connectivity index (χ4v) is 2.13. The number of carbonyl (C=O) groups is 1. The maximum atomic E-state index is 10.7. The van der Waals surface area contributed by atoms with E-state index in [0.717, 1.165) is 25.1 Å². The van der Waals surface area contributed by atoms with Gasteiger partial charge in [-0.3, -0.25) is 4.79 Å². The lowest BCUT2D eigenvalue weighted by Crippen LogP contribution is -2.21. The summed E-state index contributed by atoms with van der Waals surface area (Å²) in [6.45, 7) is 2.61. The van der Waals surface area contributed by atoms with Gasteiger partial charge in [0.1, 0.15) is 0 Å². The van der Waals surface area contributed by atoms with Crippen LogP contribution in [0, 0.1) is 5.92 Å². The first kappa shape index (κ1) is 12.0. The van der Waals surface area contributed by atoms with Gasteiger partial charge in [0.25, 0.3) is 0 Å². The summed E-state index contributed by atoms with van der Waals surface area (Å²) in [5.74, 6) is 0.761. The highest BCUT2D eigenvalue weighted by Gasteiger charge is 2.26. The van der Waals surface area contributed by atoms with Gasteiger partial charge >= 0.3 is 5.97 Å². The fraction of sp³-hybridized carbons (Fsp3) is 0.818. The second-order valence-corrected chi connectivity index (χ2v) is 4.72. The Morgan fingerprint density at radius 2 is 2.35 bits per heavy atom. The van der Waals surface area contributed by atoms with E-state index in [9.17, 15) is 4.79 Å². The van der Waals surface area contributed by atoms with Crippen molar-refractivity contribution in [3.63, 3.8) is 0 Å². The zero-order chi connectivity index (χ0) is 12.3. The van der Waals surface area contributed by atoms with Crippen LogP contribution in [-0.4, -0.2) is 31.3 Å². The number of tetrazole rings is 1. The minimum Gasteiger partial charge on any atom is -0.481 e. The molecule has 0 spiro atoms. The van der Waals surface area contributed by atoms with Crippen molar-refractivity contribution in [3.8, 4) is 0 Å². The fourth-order valence-electron chi connectivity index (χ4n) is 2.13. The minimum atomic E-state index is -0.755. The Morgan fingerprint density at radius 3 is 2.88 bits per heavy atom. The molecule has 1 aliphatic carbocycles. The van der Waals surface area contributed by atoms with Gasteiger partial charge in [0.15, 0.2) is 5.82 Å². The first-order valence-electron chi connectivity index (χ1n) is 6.18. The summed E-state index contributed by atoms with van der Waals surface area (Å²) in [4.78, 5) is 10.7. The van der Waals surface area contributed by atoms with Crippen molar-refractivity contribution in [2.45, 2.75) is 51.5 Å². The lowest BCUT2D eigenvalue weighted by molar-refractivity contribution is -0.138. The average molecular weight is 238 g/mol. The number of rotatable bonds is 6. The number of carboxylic acids is 1. The maximum absolute atomic E-state index is 10.7. The summed E-state index contributed by atoms with van der Waals surface area (Å²) >= 11 is 0. The third kappa shape index (κ3) is 2.81. The molecule has 1 atom stereocenters. The third-order valence-corrected chi connectivity index (χ3v) is 3.50. The molecule has 0 saturated heterocycles. The van der Waals surface area contributed by atoms with Crippen LogP contribution in [0.5, 0.6) is 0 Å². The van der Waals surface area contributed by atoms with E-state index in [-0.39, 0.29) is 12.3 Å². The van der Waals surface area contributed by atoms with Crippen molar-refractivity contribution < 1.29 is 9.90 Å². The highest BCUT2D eigenvalue weighted by Crippen LogP contribution is 2.34. The van der Waals surface area contributed by atoms with Crippen LogP contribution in [0.2, 0.25) is 0 Å². The van der Waals surface area contributed by atoms with Crippen molar-refractivity contribution in [1.29, 1.82) is 0 Å². The molecular weight excluding hydrogens is 220 g/mol. The van der Waals surface area contributed by atoms with E-state index >= 15 is 0 Å². The van der Waals surface area contributed by atoms with E-state index in [1.165, 1.54) is 6.42 Å². The lowest BCUT2D eigenvalue weighted by atomic mass is 9.85. The van der Waals surface area contributed by atoms with Crippen LogP contribution in [0.15, 0.2) is 0 Å². The van der Waals surface area contributed by atoms with Crippen molar-refractivity contribution in [2.24, 2.45) is 5.92 Å². The number of carboxylic acid groups (broad SMARTS) is 1. The van der Waals surface area contributed by atoms with E-state index < -0.39 is 5.97 Å². The maximum Gasteiger partial charge on any atom is 0.303 e. The molecule has 0 radical (unpaired) electrons. The first-order chi connectivity index (χ1) is 8.20. The Kier molecular flexibility index (Phi) is 3.71. The quantitative estimate of drug-likeness (QED) is 0.811. The topological polar surface area (TPSA) is 80.9 Å². The molecular formula is C11H18N4O2. The second kappa shape index (κ2) is 5.25. The van der Waals surface area contributed by atoms with Gasteiger partial charge in [-0.15, -0.1) is 5.10 Å². The highest BCUT2D eigenvalue weighted by atomic mass is 16.4. The Morgan fingerprint density at radius 1 is 1.59 bits per heavy atom. The Hall–Kier alpha value is -1.46. The van der Waals surface area contributed by atoms with Gasteiger partial charge in [0.05, 0.1) is 0 Å². The Labute approximate surface area is 100 Å². The molecule has 1 N–H and O–H groups in total. The molecule has 0 amide bonds. The molecule has 17 heavy (non-hydrogen) atoms. The van der Waals surface area contributed by atoms with Crippen LogP contribution in [0.3, 0.4) is 0 Å². The van der Waals surface area contributed by atoms with Crippen LogP contribution in [-0.2, 0) is 11.3 Å². The van der Waals surface area contributed by atoms with E-state index in [0.29, 0.717) is 12.5 Å². The standard InChI is InChI=1S/C11H18N4O2/c1-2-8(6-10(16)17)7-15-11(12-13-14-15)9-4-3-5-9/h8-9H,2-7H2,1H3,(H,16,17). The van der Waals surface area contributed by atoms with Gasteiger partial charge in [0.2, 0.25) is 0 Å². The number of hydrogen-bond acceptors (Lipinski definition) is 4. The molecule has 0 aliphatic heterocycles. The number of aliphatic carboxylic acids is 1. The molecule has 6 nitrogen and oxygen atoms in total. The summed E-state index contributed by atoms with van der Waals surface area (Å²) in [6.07, 6.45) is 4.55. The molecule has 6 heteroatoms. The molecule has 1 saturated carbocycles. The molecule has 1 heterocycles. The smallest absolute Gasteiger partial charge is 0.303 e. The van der Waals surface area contributed by atoms with E-state index in [4.69, 9.17) is 5.11 Å². The van der Waals surface area contributed by atoms with Crippen LogP contribution in [0.4, 0.5) is 0 Å². The Bertz CT molecular complexity index is 387. The van der Waals surface area contributed by atoms with Crippen LogP contribution < -0.4 is 0 Å². The van der Waals surface area contributed by atoms with Gasteiger partial charge in [-0.25, -0.2) is 4.68 Å². The molecule has 0 aromatic carbocycles. The highest BCUT2D eigenvalue weighted by molar-refractivity contribution is 5.66. The summed E-state index contributed by atoms with van der Waals surface area (Å²) in [7, 11) is 0. The summed E-state index contributed by atoms with van der Waals surface area (Å²) in [5, 5.41) is 20.6. The van der Waals surface area contributed by atoms with Crippen molar-refractivity contribution in [1.82, 2.24) is 20.2 Å². The van der Waals surface area contributed by atoms with Crippen molar-refractivity contribution in [2.75, 3.05) is 0 Å². The molecule has 1 unspecified atom stereocenters. The monoisotopic (exact) mass is 238 g/mol. The normalized spacial score (nSPS) is 17.7. The predicted molar refractivity (Wildman–Crippen MR) is 60.4 cm³/mol.